The number of carbonyl (C=O) groups is 1. The van der Waals surface area contributed by atoms with Crippen molar-refractivity contribution in [1.29, 1.82) is 0 Å². The average molecular weight is 234 g/mol. The number of hydrogen-bond acceptors (Lipinski definition) is 4. The Morgan fingerprint density at radius 2 is 2.24 bits per heavy atom. The summed E-state index contributed by atoms with van der Waals surface area (Å²) in [5.74, 6) is -0.192. The number of fused-ring (bicyclic) bond motifs is 1. The molecule has 90 valence electrons. The first-order valence-corrected chi connectivity index (χ1v) is 5.53. The Bertz CT molecular complexity index is 562. The van der Waals surface area contributed by atoms with Gasteiger partial charge in [-0.15, -0.1) is 10.2 Å². The Kier molecular flexibility index (Phi) is 3.03. The summed E-state index contributed by atoms with van der Waals surface area (Å²) in [6.07, 6.45) is 2.90. The van der Waals surface area contributed by atoms with Crippen LogP contribution in [0.25, 0.3) is 5.65 Å². The third kappa shape index (κ3) is 2.11. The molecule has 0 unspecified atom stereocenters. The SMILES string of the molecule is CCc1c(C)ncn2c(CCC(=O)O)nnc12. The van der Waals surface area contributed by atoms with Crippen LogP contribution in [0.3, 0.4) is 0 Å². The van der Waals surface area contributed by atoms with Crippen LogP contribution in [0.5, 0.6) is 0 Å². The van der Waals surface area contributed by atoms with Crippen LogP contribution in [0.2, 0.25) is 0 Å². The van der Waals surface area contributed by atoms with Crippen molar-refractivity contribution in [1.82, 2.24) is 19.6 Å². The quantitative estimate of drug-likeness (QED) is 0.854. The summed E-state index contributed by atoms with van der Waals surface area (Å²) in [7, 11) is 0. The highest BCUT2D eigenvalue weighted by molar-refractivity contribution is 5.67. The lowest BCUT2D eigenvalue weighted by Gasteiger charge is -2.04. The highest BCUT2D eigenvalue weighted by atomic mass is 16.4. The van der Waals surface area contributed by atoms with Gasteiger partial charge in [0.2, 0.25) is 0 Å². The zero-order valence-electron chi connectivity index (χ0n) is 9.84. The van der Waals surface area contributed by atoms with E-state index in [-0.39, 0.29) is 6.42 Å². The molecule has 0 bridgehead atoms. The maximum absolute atomic E-state index is 10.5. The Balaban J connectivity index is 2.44. The second-order valence-corrected chi connectivity index (χ2v) is 3.87. The molecule has 2 heterocycles. The van der Waals surface area contributed by atoms with Gasteiger partial charge in [0.05, 0.1) is 6.42 Å². The molecule has 0 radical (unpaired) electrons. The first-order valence-electron chi connectivity index (χ1n) is 5.53. The summed E-state index contributed by atoms with van der Waals surface area (Å²) in [6.45, 7) is 3.97. The van der Waals surface area contributed by atoms with Crippen molar-refractivity contribution < 1.29 is 9.90 Å². The maximum atomic E-state index is 10.5. The summed E-state index contributed by atoms with van der Waals surface area (Å²) in [5.41, 5.74) is 2.78. The Morgan fingerprint density at radius 3 is 2.88 bits per heavy atom. The average Bonchev–Trinajstić information content (AvgIpc) is 2.69. The Labute approximate surface area is 98.3 Å². The minimum absolute atomic E-state index is 0.0517. The second-order valence-electron chi connectivity index (χ2n) is 3.87. The molecule has 17 heavy (non-hydrogen) atoms. The second kappa shape index (κ2) is 4.48. The van der Waals surface area contributed by atoms with Crippen molar-refractivity contribution in [2.45, 2.75) is 33.1 Å². The van der Waals surface area contributed by atoms with Crippen LogP contribution in [0.1, 0.15) is 30.4 Å². The van der Waals surface area contributed by atoms with Gasteiger partial charge in [0, 0.05) is 17.7 Å². The monoisotopic (exact) mass is 234 g/mol. The van der Waals surface area contributed by atoms with Gasteiger partial charge < -0.3 is 5.11 Å². The van der Waals surface area contributed by atoms with Gasteiger partial charge in [0.1, 0.15) is 12.2 Å². The zero-order chi connectivity index (χ0) is 12.4. The molecule has 6 heteroatoms. The van der Waals surface area contributed by atoms with Gasteiger partial charge >= 0.3 is 5.97 Å². The van der Waals surface area contributed by atoms with E-state index in [9.17, 15) is 4.79 Å². The molecule has 0 atom stereocenters. The van der Waals surface area contributed by atoms with E-state index in [0.717, 1.165) is 23.3 Å². The molecule has 0 spiro atoms. The molecule has 1 N–H and O–H groups in total. The molecule has 0 saturated carbocycles. The van der Waals surface area contributed by atoms with Gasteiger partial charge in [-0.2, -0.15) is 0 Å². The fourth-order valence-electron chi connectivity index (χ4n) is 1.84. The van der Waals surface area contributed by atoms with Gasteiger partial charge in [-0.05, 0) is 13.3 Å². The Hall–Kier alpha value is -1.98. The van der Waals surface area contributed by atoms with E-state index in [1.807, 2.05) is 13.8 Å². The van der Waals surface area contributed by atoms with Crippen molar-refractivity contribution in [3.8, 4) is 0 Å². The predicted octanol–water partition coefficient (Wildman–Crippen LogP) is 1.01. The van der Waals surface area contributed by atoms with Crippen molar-refractivity contribution >= 4 is 11.6 Å². The lowest BCUT2D eigenvalue weighted by Crippen LogP contribution is -2.03. The molecule has 6 nitrogen and oxygen atoms in total. The molecule has 2 aromatic rings. The number of aryl methyl sites for hydroxylation is 3. The summed E-state index contributed by atoms with van der Waals surface area (Å²) in [5, 5.41) is 16.8. The van der Waals surface area contributed by atoms with Crippen LogP contribution in [0, 0.1) is 6.92 Å². The predicted molar refractivity (Wildman–Crippen MR) is 60.9 cm³/mol. The fraction of sp³-hybridized carbons (Fsp3) is 0.455. The highest BCUT2D eigenvalue weighted by Crippen LogP contribution is 2.14. The van der Waals surface area contributed by atoms with E-state index in [2.05, 4.69) is 15.2 Å². The molecule has 0 aliphatic carbocycles. The summed E-state index contributed by atoms with van der Waals surface area (Å²) in [6, 6.07) is 0. The van der Waals surface area contributed by atoms with Crippen molar-refractivity contribution in [2.24, 2.45) is 0 Å². The van der Waals surface area contributed by atoms with E-state index >= 15 is 0 Å². The molecular formula is C11H14N4O2. The van der Waals surface area contributed by atoms with Crippen molar-refractivity contribution in [3.05, 3.63) is 23.4 Å². The summed E-state index contributed by atoms with van der Waals surface area (Å²) < 4.78 is 1.77. The van der Waals surface area contributed by atoms with Crippen LogP contribution in [-0.2, 0) is 17.6 Å². The number of rotatable bonds is 4. The van der Waals surface area contributed by atoms with Crippen LogP contribution >= 0.6 is 0 Å². The first-order chi connectivity index (χ1) is 8.13. The molecule has 0 fully saturated rings. The van der Waals surface area contributed by atoms with Gasteiger partial charge in [0.25, 0.3) is 0 Å². The summed E-state index contributed by atoms with van der Waals surface area (Å²) >= 11 is 0. The largest absolute Gasteiger partial charge is 0.481 e. The van der Waals surface area contributed by atoms with Gasteiger partial charge in [-0.25, -0.2) is 4.98 Å². The number of carboxylic acids is 1. The number of aromatic nitrogens is 4. The molecule has 0 saturated heterocycles. The van der Waals surface area contributed by atoms with Crippen molar-refractivity contribution in [3.63, 3.8) is 0 Å². The number of aliphatic carboxylic acids is 1. The molecule has 0 aromatic carbocycles. The normalized spacial score (nSPS) is 10.9. The highest BCUT2D eigenvalue weighted by Gasteiger charge is 2.12. The van der Waals surface area contributed by atoms with Crippen LogP contribution < -0.4 is 0 Å². The summed E-state index contributed by atoms with van der Waals surface area (Å²) in [4.78, 5) is 14.8. The fourth-order valence-corrected chi connectivity index (χ4v) is 1.84. The third-order valence-corrected chi connectivity index (χ3v) is 2.76. The van der Waals surface area contributed by atoms with E-state index in [4.69, 9.17) is 5.11 Å². The molecule has 0 amide bonds. The number of nitrogens with zero attached hydrogens (tertiary/aromatic N) is 4. The number of hydrogen-bond donors (Lipinski definition) is 1. The van der Waals surface area contributed by atoms with Gasteiger partial charge in [-0.3, -0.25) is 9.20 Å². The Morgan fingerprint density at radius 1 is 1.47 bits per heavy atom. The minimum atomic E-state index is -0.836. The smallest absolute Gasteiger partial charge is 0.303 e. The van der Waals surface area contributed by atoms with E-state index in [0.29, 0.717) is 12.2 Å². The molecule has 0 aliphatic rings. The molecule has 2 rings (SSSR count). The standard InChI is InChI=1S/C11H14N4O2/c1-3-8-7(2)12-6-15-9(4-5-10(16)17)13-14-11(8)15/h6H,3-5H2,1-2H3,(H,16,17). The molecular weight excluding hydrogens is 220 g/mol. The van der Waals surface area contributed by atoms with Gasteiger partial charge in [-0.1, -0.05) is 6.92 Å². The van der Waals surface area contributed by atoms with Crippen LogP contribution in [0.15, 0.2) is 6.33 Å². The van der Waals surface area contributed by atoms with E-state index in [1.54, 1.807) is 10.7 Å². The third-order valence-electron chi connectivity index (χ3n) is 2.76. The van der Waals surface area contributed by atoms with E-state index < -0.39 is 5.97 Å². The minimum Gasteiger partial charge on any atom is -0.481 e. The number of carboxylic acid groups (broad SMARTS) is 1. The lowest BCUT2D eigenvalue weighted by atomic mass is 10.2. The van der Waals surface area contributed by atoms with Crippen LogP contribution in [0.4, 0.5) is 0 Å². The molecule has 0 aliphatic heterocycles. The van der Waals surface area contributed by atoms with Crippen molar-refractivity contribution in [2.75, 3.05) is 0 Å². The van der Waals surface area contributed by atoms with Gasteiger partial charge in [0.15, 0.2) is 5.65 Å². The van der Waals surface area contributed by atoms with E-state index in [1.165, 1.54) is 0 Å². The first kappa shape index (κ1) is 11.5. The topological polar surface area (TPSA) is 80.4 Å². The van der Waals surface area contributed by atoms with Crippen LogP contribution in [-0.4, -0.2) is 30.7 Å². The molecule has 2 aromatic heterocycles. The zero-order valence-corrected chi connectivity index (χ0v) is 9.84. The lowest BCUT2D eigenvalue weighted by molar-refractivity contribution is -0.137. The maximum Gasteiger partial charge on any atom is 0.303 e.